The summed E-state index contributed by atoms with van der Waals surface area (Å²) in [6.07, 6.45) is 0.864. The predicted octanol–water partition coefficient (Wildman–Crippen LogP) is 3.45. The van der Waals surface area contributed by atoms with Crippen LogP contribution in [-0.2, 0) is 9.59 Å². The quantitative estimate of drug-likeness (QED) is 0.759. The SMILES string of the molecule is COc1cccc(-c2cccc([C@H]3N=C(N)N(CC4CCN(C(C)=O)C4)C(=O)C3(C)C)c2)c1. The molecule has 2 aromatic rings. The van der Waals surface area contributed by atoms with E-state index in [4.69, 9.17) is 15.5 Å². The highest BCUT2D eigenvalue weighted by Gasteiger charge is 2.46. The van der Waals surface area contributed by atoms with Gasteiger partial charge in [0.1, 0.15) is 5.75 Å². The van der Waals surface area contributed by atoms with Crippen molar-refractivity contribution in [1.29, 1.82) is 0 Å². The third kappa shape index (κ3) is 4.45. The molecule has 0 bridgehead atoms. The van der Waals surface area contributed by atoms with Crippen molar-refractivity contribution in [2.24, 2.45) is 22.1 Å². The number of aliphatic imine (C=N–C) groups is 1. The van der Waals surface area contributed by atoms with Crippen molar-refractivity contribution in [2.75, 3.05) is 26.7 Å². The predicted molar refractivity (Wildman–Crippen MR) is 129 cm³/mol. The van der Waals surface area contributed by atoms with Gasteiger partial charge >= 0.3 is 0 Å². The molecule has 0 aliphatic carbocycles. The largest absolute Gasteiger partial charge is 0.497 e. The highest BCUT2D eigenvalue weighted by molar-refractivity contribution is 6.01. The number of benzene rings is 2. The zero-order valence-electron chi connectivity index (χ0n) is 19.7. The second kappa shape index (κ2) is 8.89. The van der Waals surface area contributed by atoms with E-state index in [1.807, 2.05) is 61.2 Å². The van der Waals surface area contributed by atoms with Gasteiger partial charge < -0.3 is 15.4 Å². The third-order valence-corrected chi connectivity index (χ3v) is 6.80. The Morgan fingerprint density at radius 3 is 2.55 bits per heavy atom. The molecule has 1 unspecified atom stereocenters. The zero-order valence-corrected chi connectivity index (χ0v) is 19.7. The van der Waals surface area contributed by atoms with Crippen molar-refractivity contribution in [3.05, 3.63) is 54.1 Å². The molecular weight excluding hydrogens is 416 g/mol. The van der Waals surface area contributed by atoms with E-state index in [9.17, 15) is 9.59 Å². The maximum Gasteiger partial charge on any atom is 0.237 e. The maximum atomic E-state index is 13.6. The Balaban J connectivity index is 1.60. The van der Waals surface area contributed by atoms with E-state index in [0.29, 0.717) is 13.1 Å². The van der Waals surface area contributed by atoms with Gasteiger partial charge in [-0.05, 0) is 61.1 Å². The molecule has 33 heavy (non-hydrogen) atoms. The minimum absolute atomic E-state index is 0.0342. The molecule has 2 atom stereocenters. The lowest BCUT2D eigenvalue weighted by molar-refractivity contribution is -0.139. The standard InChI is InChI=1S/C26H32N4O3/c1-17(31)29-12-11-18(15-29)16-30-24(32)26(2,3)23(28-25(30)27)21-9-5-7-19(13-21)20-8-6-10-22(14-20)33-4/h5-10,13-14,18,23H,11-12,15-16H2,1-4H3,(H2,27,28)/t18?,23-/m1/s1. The van der Waals surface area contributed by atoms with Crippen LogP contribution in [0, 0.1) is 11.3 Å². The van der Waals surface area contributed by atoms with Crippen molar-refractivity contribution >= 4 is 17.8 Å². The number of nitrogens with two attached hydrogens (primary N) is 1. The summed E-state index contributed by atoms with van der Waals surface area (Å²) in [6, 6.07) is 15.6. The Bertz CT molecular complexity index is 1090. The smallest absolute Gasteiger partial charge is 0.237 e. The number of hydrogen-bond acceptors (Lipinski definition) is 5. The van der Waals surface area contributed by atoms with E-state index < -0.39 is 5.41 Å². The molecule has 0 saturated carbocycles. The number of rotatable bonds is 5. The van der Waals surface area contributed by atoms with E-state index in [-0.39, 0.29) is 29.7 Å². The van der Waals surface area contributed by atoms with E-state index in [0.717, 1.165) is 35.4 Å². The number of amides is 2. The summed E-state index contributed by atoms with van der Waals surface area (Å²) >= 11 is 0. The van der Waals surface area contributed by atoms with E-state index in [2.05, 4.69) is 6.07 Å². The zero-order chi connectivity index (χ0) is 23.8. The van der Waals surface area contributed by atoms with Gasteiger partial charge in [0.05, 0.1) is 18.6 Å². The minimum atomic E-state index is -0.755. The van der Waals surface area contributed by atoms with Crippen LogP contribution in [0.15, 0.2) is 53.5 Å². The number of carbonyl (C=O) groups is 2. The maximum absolute atomic E-state index is 13.6. The fraction of sp³-hybridized carbons (Fsp3) is 0.423. The number of hydrogen-bond donors (Lipinski definition) is 1. The summed E-state index contributed by atoms with van der Waals surface area (Å²) in [5, 5.41) is 0. The van der Waals surface area contributed by atoms with Crippen LogP contribution in [0.1, 0.15) is 38.8 Å². The Morgan fingerprint density at radius 1 is 1.18 bits per heavy atom. The Hall–Kier alpha value is -3.35. The highest BCUT2D eigenvalue weighted by Crippen LogP contribution is 2.42. The second-order valence-electron chi connectivity index (χ2n) is 9.50. The molecule has 1 fully saturated rings. The van der Waals surface area contributed by atoms with E-state index in [1.54, 1.807) is 18.9 Å². The normalized spacial score (nSPS) is 22.3. The van der Waals surface area contributed by atoms with Crippen LogP contribution >= 0.6 is 0 Å². The molecule has 0 spiro atoms. The van der Waals surface area contributed by atoms with Gasteiger partial charge in [0.2, 0.25) is 11.8 Å². The van der Waals surface area contributed by atoms with Gasteiger partial charge in [0.15, 0.2) is 5.96 Å². The van der Waals surface area contributed by atoms with Crippen molar-refractivity contribution in [3.63, 3.8) is 0 Å². The molecule has 0 aromatic heterocycles. The van der Waals surface area contributed by atoms with E-state index in [1.165, 1.54) is 0 Å². The molecule has 7 heteroatoms. The number of nitrogens with zero attached hydrogens (tertiary/aromatic N) is 3. The second-order valence-corrected chi connectivity index (χ2v) is 9.50. The van der Waals surface area contributed by atoms with Crippen LogP contribution in [0.4, 0.5) is 0 Å². The van der Waals surface area contributed by atoms with Crippen LogP contribution in [0.3, 0.4) is 0 Å². The molecule has 2 N–H and O–H groups in total. The molecule has 2 amide bonds. The number of guanidine groups is 1. The minimum Gasteiger partial charge on any atom is -0.497 e. The molecule has 7 nitrogen and oxygen atoms in total. The van der Waals surface area contributed by atoms with Gasteiger partial charge in [0.25, 0.3) is 0 Å². The summed E-state index contributed by atoms with van der Waals surface area (Å²) in [5.74, 6) is 1.28. The lowest BCUT2D eigenvalue weighted by atomic mass is 9.77. The number of likely N-dealkylation sites (tertiary alicyclic amines) is 1. The topological polar surface area (TPSA) is 88.2 Å². The van der Waals surface area contributed by atoms with Gasteiger partial charge in [-0.15, -0.1) is 0 Å². The molecule has 4 rings (SSSR count). The van der Waals surface area contributed by atoms with Crippen LogP contribution in [0.2, 0.25) is 0 Å². The molecule has 2 aromatic carbocycles. The monoisotopic (exact) mass is 448 g/mol. The van der Waals surface area contributed by atoms with Gasteiger partial charge in [-0.3, -0.25) is 14.5 Å². The Kier molecular flexibility index (Phi) is 6.15. The molecule has 2 aliphatic rings. The number of ether oxygens (including phenoxy) is 1. The van der Waals surface area contributed by atoms with Gasteiger partial charge in [-0.25, -0.2) is 4.99 Å². The summed E-state index contributed by atoms with van der Waals surface area (Å²) in [5.41, 5.74) is 8.59. The Labute approximate surface area is 195 Å². The first-order valence-corrected chi connectivity index (χ1v) is 11.4. The number of methoxy groups -OCH3 is 1. The fourth-order valence-electron chi connectivity index (χ4n) is 4.82. The number of carbonyl (C=O) groups excluding carboxylic acids is 2. The highest BCUT2D eigenvalue weighted by atomic mass is 16.5. The molecular formula is C26H32N4O3. The summed E-state index contributed by atoms with van der Waals surface area (Å²) in [7, 11) is 1.65. The summed E-state index contributed by atoms with van der Waals surface area (Å²) in [6.45, 7) is 7.30. The summed E-state index contributed by atoms with van der Waals surface area (Å²) in [4.78, 5) is 33.4. The molecule has 0 radical (unpaired) electrons. The van der Waals surface area contributed by atoms with Crippen molar-refractivity contribution in [1.82, 2.24) is 9.80 Å². The van der Waals surface area contributed by atoms with E-state index >= 15 is 0 Å². The van der Waals surface area contributed by atoms with Crippen LogP contribution in [0.5, 0.6) is 5.75 Å². The summed E-state index contributed by atoms with van der Waals surface area (Å²) < 4.78 is 5.36. The van der Waals surface area contributed by atoms with Gasteiger partial charge in [-0.1, -0.05) is 30.3 Å². The first kappa shape index (κ1) is 22.8. The first-order valence-electron chi connectivity index (χ1n) is 11.4. The van der Waals surface area contributed by atoms with Crippen molar-refractivity contribution in [2.45, 2.75) is 33.2 Å². The molecule has 1 saturated heterocycles. The van der Waals surface area contributed by atoms with Crippen LogP contribution in [0.25, 0.3) is 11.1 Å². The van der Waals surface area contributed by atoms with Gasteiger partial charge in [0, 0.05) is 26.6 Å². The molecule has 2 heterocycles. The van der Waals surface area contributed by atoms with Crippen LogP contribution < -0.4 is 10.5 Å². The van der Waals surface area contributed by atoms with Gasteiger partial charge in [-0.2, -0.15) is 0 Å². The van der Waals surface area contributed by atoms with Crippen LogP contribution in [-0.4, -0.2) is 54.3 Å². The third-order valence-electron chi connectivity index (χ3n) is 6.80. The fourth-order valence-corrected chi connectivity index (χ4v) is 4.82. The molecule has 174 valence electrons. The lowest BCUT2D eigenvalue weighted by Gasteiger charge is -2.41. The first-order chi connectivity index (χ1) is 15.7. The Morgan fingerprint density at radius 2 is 1.88 bits per heavy atom. The van der Waals surface area contributed by atoms with Crippen molar-refractivity contribution < 1.29 is 14.3 Å². The average molecular weight is 449 g/mol. The van der Waals surface area contributed by atoms with Crippen molar-refractivity contribution in [3.8, 4) is 16.9 Å². The molecule has 2 aliphatic heterocycles. The lowest BCUT2D eigenvalue weighted by Crippen LogP contribution is -2.55. The average Bonchev–Trinajstić information content (AvgIpc) is 3.28.